The summed E-state index contributed by atoms with van der Waals surface area (Å²) in [5, 5.41) is 2.99. The monoisotopic (exact) mass is 313 g/mol. The van der Waals surface area contributed by atoms with E-state index in [-0.39, 0.29) is 5.91 Å². The van der Waals surface area contributed by atoms with E-state index < -0.39 is 0 Å². The molecule has 0 atom stereocenters. The third-order valence-electron chi connectivity index (χ3n) is 3.65. The molecule has 1 amide bonds. The Morgan fingerprint density at radius 1 is 1.05 bits per heavy atom. The van der Waals surface area contributed by atoms with E-state index in [9.17, 15) is 4.79 Å². The van der Waals surface area contributed by atoms with Gasteiger partial charge in [0.1, 0.15) is 0 Å². The van der Waals surface area contributed by atoms with Crippen molar-refractivity contribution in [2.45, 2.75) is 31.6 Å². The SMILES string of the molecule is Cc1ccc(CCC(=O)NCCSc2ccccc2)cc1C. The van der Waals surface area contributed by atoms with E-state index in [2.05, 4.69) is 49.5 Å². The summed E-state index contributed by atoms with van der Waals surface area (Å²) in [5.41, 5.74) is 3.82. The predicted molar refractivity (Wildman–Crippen MR) is 94.4 cm³/mol. The molecule has 0 fully saturated rings. The van der Waals surface area contributed by atoms with Crippen molar-refractivity contribution in [3.63, 3.8) is 0 Å². The van der Waals surface area contributed by atoms with Gasteiger partial charge >= 0.3 is 0 Å². The highest BCUT2D eigenvalue weighted by atomic mass is 32.2. The van der Waals surface area contributed by atoms with E-state index in [1.54, 1.807) is 11.8 Å². The lowest BCUT2D eigenvalue weighted by Crippen LogP contribution is -2.25. The number of aryl methyl sites for hydroxylation is 3. The first-order valence-electron chi connectivity index (χ1n) is 7.66. The first kappa shape index (κ1) is 16.6. The second-order valence-electron chi connectivity index (χ2n) is 5.43. The normalized spacial score (nSPS) is 10.5. The minimum atomic E-state index is 0.131. The number of carbonyl (C=O) groups excluding carboxylic acids is 1. The van der Waals surface area contributed by atoms with Crippen LogP contribution >= 0.6 is 11.8 Å². The molecule has 0 aliphatic rings. The minimum Gasteiger partial charge on any atom is -0.355 e. The molecule has 116 valence electrons. The molecule has 2 aromatic carbocycles. The van der Waals surface area contributed by atoms with Gasteiger partial charge in [-0.05, 0) is 49.1 Å². The molecule has 2 nitrogen and oxygen atoms in total. The smallest absolute Gasteiger partial charge is 0.220 e. The van der Waals surface area contributed by atoms with E-state index in [4.69, 9.17) is 0 Å². The fourth-order valence-corrected chi connectivity index (χ4v) is 2.97. The van der Waals surface area contributed by atoms with Crippen LogP contribution in [0.5, 0.6) is 0 Å². The van der Waals surface area contributed by atoms with Gasteiger partial charge in [-0.3, -0.25) is 4.79 Å². The molecule has 0 saturated heterocycles. The Balaban J connectivity index is 1.64. The molecule has 0 heterocycles. The molecule has 0 bridgehead atoms. The molecule has 1 N–H and O–H groups in total. The highest BCUT2D eigenvalue weighted by Crippen LogP contribution is 2.15. The maximum atomic E-state index is 11.9. The predicted octanol–water partition coefficient (Wildman–Crippen LogP) is 4.14. The van der Waals surface area contributed by atoms with Crippen molar-refractivity contribution < 1.29 is 4.79 Å². The minimum absolute atomic E-state index is 0.131. The third kappa shape index (κ3) is 5.57. The van der Waals surface area contributed by atoms with Gasteiger partial charge < -0.3 is 5.32 Å². The van der Waals surface area contributed by atoms with Crippen LogP contribution in [0.2, 0.25) is 0 Å². The van der Waals surface area contributed by atoms with Crippen molar-refractivity contribution in [2.24, 2.45) is 0 Å². The summed E-state index contributed by atoms with van der Waals surface area (Å²) in [6.45, 7) is 4.93. The molecule has 0 unspecified atom stereocenters. The van der Waals surface area contributed by atoms with Crippen molar-refractivity contribution in [2.75, 3.05) is 12.3 Å². The first-order valence-corrected chi connectivity index (χ1v) is 8.64. The van der Waals surface area contributed by atoms with Crippen LogP contribution in [0, 0.1) is 13.8 Å². The number of rotatable bonds is 7. The Morgan fingerprint density at radius 2 is 1.82 bits per heavy atom. The van der Waals surface area contributed by atoms with Gasteiger partial charge in [0.15, 0.2) is 0 Å². The number of thioether (sulfide) groups is 1. The number of amides is 1. The number of nitrogens with one attached hydrogen (secondary N) is 1. The quantitative estimate of drug-likeness (QED) is 0.615. The molecule has 0 radical (unpaired) electrons. The van der Waals surface area contributed by atoms with Gasteiger partial charge in [-0.2, -0.15) is 0 Å². The molecule has 0 aliphatic carbocycles. The number of hydrogen-bond acceptors (Lipinski definition) is 2. The highest BCUT2D eigenvalue weighted by Gasteiger charge is 2.03. The number of hydrogen-bond donors (Lipinski definition) is 1. The Kier molecular flexibility index (Phi) is 6.53. The Bertz CT molecular complexity index is 610. The van der Waals surface area contributed by atoms with Gasteiger partial charge in [0.05, 0.1) is 0 Å². The fourth-order valence-electron chi connectivity index (χ4n) is 2.18. The molecule has 22 heavy (non-hydrogen) atoms. The van der Waals surface area contributed by atoms with Crippen LogP contribution in [0.1, 0.15) is 23.1 Å². The van der Waals surface area contributed by atoms with Crippen molar-refractivity contribution in [1.82, 2.24) is 5.32 Å². The summed E-state index contributed by atoms with van der Waals surface area (Å²) >= 11 is 1.77. The third-order valence-corrected chi connectivity index (χ3v) is 4.66. The van der Waals surface area contributed by atoms with Gasteiger partial charge in [0, 0.05) is 23.6 Å². The summed E-state index contributed by atoms with van der Waals surface area (Å²) in [6, 6.07) is 16.7. The van der Waals surface area contributed by atoms with Crippen molar-refractivity contribution in [3.05, 3.63) is 65.2 Å². The second-order valence-corrected chi connectivity index (χ2v) is 6.60. The van der Waals surface area contributed by atoms with Gasteiger partial charge in [0.25, 0.3) is 0 Å². The van der Waals surface area contributed by atoms with Crippen LogP contribution in [0.3, 0.4) is 0 Å². The zero-order chi connectivity index (χ0) is 15.8. The second kappa shape index (κ2) is 8.64. The lowest BCUT2D eigenvalue weighted by Gasteiger charge is -2.07. The van der Waals surface area contributed by atoms with Crippen LogP contribution in [0.15, 0.2) is 53.4 Å². The Labute approximate surface area is 137 Å². The summed E-state index contributed by atoms with van der Waals surface area (Å²) in [7, 11) is 0. The molecule has 0 aromatic heterocycles. The van der Waals surface area contributed by atoms with Crippen molar-refractivity contribution in [3.8, 4) is 0 Å². The lowest BCUT2D eigenvalue weighted by atomic mass is 10.0. The topological polar surface area (TPSA) is 29.1 Å². The molecule has 3 heteroatoms. The van der Waals surface area contributed by atoms with Gasteiger partial charge in [-0.25, -0.2) is 0 Å². The van der Waals surface area contributed by atoms with Gasteiger partial charge in [-0.15, -0.1) is 11.8 Å². The van der Waals surface area contributed by atoms with Crippen LogP contribution in [-0.2, 0) is 11.2 Å². The summed E-state index contributed by atoms with van der Waals surface area (Å²) in [6.07, 6.45) is 1.36. The Hall–Kier alpha value is -1.74. The molecule has 0 aliphatic heterocycles. The van der Waals surface area contributed by atoms with E-state index in [1.807, 2.05) is 18.2 Å². The van der Waals surface area contributed by atoms with E-state index in [0.717, 1.165) is 12.2 Å². The summed E-state index contributed by atoms with van der Waals surface area (Å²) < 4.78 is 0. The van der Waals surface area contributed by atoms with E-state index >= 15 is 0 Å². The van der Waals surface area contributed by atoms with E-state index in [1.165, 1.54) is 21.6 Å². The van der Waals surface area contributed by atoms with Crippen molar-refractivity contribution >= 4 is 17.7 Å². The average molecular weight is 313 g/mol. The van der Waals surface area contributed by atoms with Crippen LogP contribution in [0.25, 0.3) is 0 Å². The van der Waals surface area contributed by atoms with Crippen LogP contribution < -0.4 is 5.32 Å². The van der Waals surface area contributed by atoms with Crippen LogP contribution in [0.4, 0.5) is 0 Å². The average Bonchev–Trinajstić information content (AvgIpc) is 2.54. The molecule has 0 saturated carbocycles. The summed E-state index contributed by atoms with van der Waals surface area (Å²) in [4.78, 5) is 13.1. The zero-order valence-electron chi connectivity index (χ0n) is 13.3. The highest BCUT2D eigenvalue weighted by molar-refractivity contribution is 7.99. The maximum Gasteiger partial charge on any atom is 0.220 e. The fraction of sp³-hybridized carbons (Fsp3) is 0.316. The van der Waals surface area contributed by atoms with Gasteiger partial charge in [-0.1, -0.05) is 36.4 Å². The molecule has 2 rings (SSSR count). The lowest BCUT2D eigenvalue weighted by molar-refractivity contribution is -0.120. The largest absolute Gasteiger partial charge is 0.355 e. The molecular weight excluding hydrogens is 290 g/mol. The number of carbonyl (C=O) groups is 1. The standard InChI is InChI=1S/C19H23NOS/c1-15-8-9-17(14-16(15)2)10-11-19(21)20-12-13-22-18-6-4-3-5-7-18/h3-9,14H,10-13H2,1-2H3,(H,20,21). The molecule has 2 aromatic rings. The first-order chi connectivity index (χ1) is 10.6. The maximum absolute atomic E-state index is 11.9. The zero-order valence-corrected chi connectivity index (χ0v) is 14.1. The molecular formula is C19H23NOS. The van der Waals surface area contributed by atoms with Gasteiger partial charge in [0.2, 0.25) is 5.91 Å². The number of benzene rings is 2. The van der Waals surface area contributed by atoms with E-state index in [0.29, 0.717) is 13.0 Å². The Morgan fingerprint density at radius 3 is 2.55 bits per heavy atom. The van der Waals surface area contributed by atoms with Crippen molar-refractivity contribution in [1.29, 1.82) is 0 Å². The molecule has 0 spiro atoms. The van der Waals surface area contributed by atoms with Crippen LogP contribution in [-0.4, -0.2) is 18.2 Å². The summed E-state index contributed by atoms with van der Waals surface area (Å²) in [5.74, 6) is 1.03.